The Labute approximate surface area is 246 Å². The minimum atomic E-state index is 0.535. The fraction of sp³-hybridized carbons (Fsp3) is 0.0263. The lowest BCUT2D eigenvalue weighted by Gasteiger charge is -2.20. The van der Waals surface area contributed by atoms with Crippen LogP contribution >= 0.6 is 0 Å². The second kappa shape index (κ2) is 12.5. The van der Waals surface area contributed by atoms with Crippen LogP contribution in [0.2, 0.25) is 0 Å². The molecule has 0 unspecified atom stereocenters. The first-order chi connectivity index (χ1) is 20.6. The molecule has 0 saturated heterocycles. The molecule has 0 atom stereocenters. The highest BCUT2D eigenvalue weighted by molar-refractivity contribution is 6.11. The van der Waals surface area contributed by atoms with Gasteiger partial charge in [0.2, 0.25) is 0 Å². The summed E-state index contributed by atoms with van der Waals surface area (Å²) in [6.45, 7) is 8.39. The number of benzene rings is 4. The number of rotatable bonds is 8. The number of nitriles is 2. The van der Waals surface area contributed by atoms with Crippen LogP contribution in [0.5, 0.6) is 0 Å². The maximum absolute atomic E-state index is 9.28. The van der Waals surface area contributed by atoms with Crippen LogP contribution in [0.25, 0.3) is 56.4 Å². The molecule has 42 heavy (non-hydrogen) atoms. The van der Waals surface area contributed by atoms with Crippen LogP contribution in [0.1, 0.15) is 22.3 Å². The molecule has 0 radical (unpaired) electrons. The summed E-state index contributed by atoms with van der Waals surface area (Å²) in [5, 5.41) is 20.8. The van der Waals surface area contributed by atoms with Crippen LogP contribution in [0, 0.1) is 22.7 Å². The molecule has 5 rings (SSSR count). The number of nitrogens with two attached hydrogens (primary N) is 1. The minimum absolute atomic E-state index is 0.535. The fourth-order valence-electron chi connectivity index (χ4n) is 5.28. The molecule has 1 heterocycles. The van der Waals surface area contributed by atoms with Gasteiger partial charge in [0.1, 0.15) is 0 Å². The Balaban J connectivity index is 1.62. The first-order valence-electron chi connectivity index (χ1n) is 13.5. The molecule has 2 N–H and O–H groups in total. The summed E-state index contributed by atoms with van der Waals surface area (Å²) in [4.78, 5) is 4.45. The van der Waals surface area contributed by atoms with Gasteiger partial charge in [-0.1, -0.05) is 104 Å². The van der Waals surface area contributed by atoms with Crippen molar-refractivity contribution in [1.29, 1.82) is 10.5 Å². The monoisotopic (exact) mass is 540 g/mol. The van der Waals surface area contributed by atoms with E-state index in [4.69, 9.17) is 5.73 Å². The van der Waals surface area contributed by atoms with E-state index in [1.165, 1.54) is 6.20 Å². The molecule has 0 saturated carbocycles. The number of hydrogen-bond donors (Lipinski definition) is 1. The van der Waals surface area contributed by atoms with Gasteiger partial charge in [-0.2, -0.15) is 10.5 Å². The van der Waals surface area contributed by atoms with Crippen molar-refractivity contribution in [1.82, 2.24) is 4.98 Å². The van der Waals surface area contributed by atoms with Crippen LogP contribution in [0.15, 0.2) is 128 Å². The van der Waals surface area contributed by atoms with Crippen molar-refractivity contribution in [2.45, 2.75) is 6.42 Å². The van der Waals surface area contributed by atoms with E-state index in [0.29, 0.717) is 17.6 Å². The van der Waals surface area contributed by atoms with Crippen molar-refractivity contribution < 1.29 is 0 Å². The first kappa shape index (κ1) is 27.6. The van der Waals surface area contributed by atoms with E-state index in [1.54, 1.807) is 24.4 Å². The van der Waals surface area contributed by atoms with Crippen LogP contribution in [0.4, 0.5) is 0 Å². The van der Waals surface area contributed by atoms with Gasteiger partial charge < -0.3 is 5.73 Å². The Kier molecular flexibility index (Phi) is 8.19. The van der Waals surface area contributed by atoms with Crippen molar-refractivity contribution in [2.75, 3.05) is 0 Å². The molecular weight excluding hydrogens is 512 g/mol. The molecule has 0 fully saturated rings. The summed E-state index contributed by atoms with van der Waals surface area (Å²) >= 11 is 0. The quantitative estimate of drug-likeness (QED) is 0.157. The summed E-state index contributed by atoms with van der Waals surface area (Å²) < 4.78 is 0. The van der Waals surface area contributed by atoms with Crippen molar-refractivity contribution in [3.63, 3.8) is 0 Å². The van der Waals surface area contributed by atoms with E-state index in [2.05, 4.69) is 90.9 Å². The Hall–Kier alpha value is -5.97. The van der Waals surface area contributed by atoms with Crippen molar-refractivity contribution in [2.24, 2.45) is 5.73 Å². The molecule has 0 spiro atoms. The topological polar surface area (TPSA) is 86.5 Å². The van der Waals surface area contributed by atoms with Gasteiger partial charge in [-0.05, 0) is 80.5 Å². The van der Waals surface area contributed by atoms with E-state index in [-0.39, 0.29) is 0 Å². The van der Waals surface area contributed by atoms with E-state index in [1.807, 2.05) is 30.4 Å². The zero-order chi connectivity index (χ0) is 29.5. The zero-order valence-corrected chi connectivity index (χ0v) is 23.1. The fourth-order valence-corrected chi connectivity index (χ4v) is 5.28. The third-order valence-electron chi connectivity index (χ3n) is 7.27. The number of fused-ring (bicyclic) bond motifs is 1. The number of allylic oxidation sites excluding steroid dienone is 3. The first-order valence-corrected chi connectivity index (χ1v) is 13.5. The number of aromatic nitrogens is 1. The molecule has 4 nitrogen and oxygen atoms in total. The Morgan fingerprint density at radius 1 is 0.786 bits per heavy atom. The van der Waals surface area contributed by atoms with Crippen molar-refractivity contribution >= 4 is 22.9 Å². The van der Waals surface area contributed by atoms with Crippen LogP contribution < -0.4 is 5.73 Å². The second-order valence-corrected chi connectivity index (χ2v) is 9.68. The van der Waals surface area contributed by atoms with Gasteiger partial charge in [-0.25, -0.2) is 0 Å². The van der Waals surface area contributed by atoms with E-state index >= 15 is 0 Å². The number of pyridine rings is 1. The van der Waals surface area contributed by atoms with Gasteiger partial charge >= 0.3 is 0 Å². The van der Waals surface area contributed by atoms with Crippen LogP contribution in [-0.2, 0) is 6.42 Å². The molecule has 4 heteroatoms. The van der Waals surface area contributed by atoms with E-state index < -0.39 is 0 Å². The lowest BCUT2D eigenvalue weighted by molar-refractivity contribution is 1.25. The standard InChI is InChI=1S/C38H28N4/c1-3-32-33(4-2)38(31-17-15-29(16-18-31)36-23-28(25-41)20-22-42-36)35-8-6-5-7-34(35)37(32)30-13-11-26(12-14-30)9-10-27(24-40)19-21-39/h3-8,10-23H,1-2,9,39H2/b21-19-,27-10+. The van der Waals surface area contributed by atoms with Crippen LogP contribution in [0.3, 0.4) is 0 Å². The molecule has 200 valence electrons. The maximum Gasteiger partial charge on any atom is 0.0992 e. The third-order valence-corrected chi connectivity index (χ3v) is 7.27. The molecule has 0 aliphatic heterocycles. The van der Waals surface area contributed by atoms with Gasteiger partial charge in [0.05, 0.1) is 23.4 Å². The van der Waals surface area contributed by atoms with E-state index in [9.17, 15) is 10.5 Å². The Morgan fingerprint density at radius 2 is 1.36 bits per heavy atom. The predicted octanol–water partition coefficient (Wildman–Crippen LogP) is 8.86. The molecular formula is C38H28N4. The molecule has 4 aromatic carbocycles. The highest BCUT2D eigenvalue weighted by atomic mass is 14.7. The number of hydrogen-bond acceptors (Lipinski definition) is 4. The SMILES string of the molecule is C=Cc1c(C=C)c(-c2ccc(-c3cc(C#N)ccn3)cc2)c2ccccc2c1-c1ccc(C/C=C(C#N)\C=C/N)cc1. The highest BCUT2D eigenvalue weighted by Gasteiger charge is 2.18. The van der Waals surface area contributed by atoms with E-state index in [0.717, 1.165) is 61.0 Å². The zero-order valence-electron chi connectivity index (χ0n) is 23.1. The van der Waals surface area contributed by atoms with Crippen molar-refractivity contribution in [3.05, 3.63) is 150 Å². The third kappa shape index (κ3) is 5.39. The second-order valence-electron chi connectivity index (χ2n) is 9.68. The largest absolute Gasteiger partial charge is 0.405 e. The molecule has 0 amide bonds. The normalized spacial score (nSPS) is 11.2. The summed E-state index contributed by atoms with van der Waals surface area (Å²) in [5.41, 5.74) is 15.7. The predicted molar refractivity (Wildman–Crippen MR) is 174 cm³/mol. The Bertz CT molecular complexity index is 1950. The average molecular weight is 541 g/mol. The van der Waals surface area contributed by atoms with Crippen molar-refractivity contribution in [3.8, 4) is 45.6 Å². The van der Waals surface area contributed by atoms with Gasteiger partial charge in [-0.15, -0.1) is 0 Å². The number of nitrogens with zero attached hydrogens (tertiary/aromatic N) is 3. The molecule has 0 aliphatic carbocycles. The van der Waals surface area contributed by atoms with Crippen LogP contribution in [-0.4, -0.2) is 4.98 Å². The highest BCUT2D eigenvalue weighted by Crippen LogP contribution is 2.43. The molecule has 0 aliphatic rings. The van der Waals surface area contributed by atoms with Gasteiger partial charge in [0.25, 0.3) is 0 Å². The average Bonchev–Trinajstić information content (AvgIpc) is 3.05. The smallest absolute Gasteiger partial charge is 0.0992 e. The summed E-state index contributed by atoms with van der Waals surface area (Å²) in [6, 6.07) is 32.9. The van der Waals surface area contributed by atoms with Gasteiger partial charge in [0, 0.05) is 17.3 Å². The lowest BCUT2D eigenvalue weighted by Crippen LogP contribution is -1.96. The Morgan fingerprint density at radius 3 is 1.88 bits per heavy atom. The van der Waals surface area contributed by atoms with Gasteiger partial charge in [0.15, 0.2) is 0 Å². The molecule has 0 bridgehead atoms. The van der Waals surface area contributed by atoms with Gasteiger partial charge in [-0.3, -0.25) is 4.98 Å². The summed E-state index contributed by atoms with van der Waals surface area (Å²) in [6.07, 6.45) is 10.9. The molecule has 5 aromatic rings. The summed E-state index contributed by atoms with van der Waals surface area (Å²) in [5.74, 6) is 0. The molecule has 1 aromatic heterocycles. The minimum Gasteiger partial charge on any atom is -0.405 e. The summed E-state index contributed by atoms with van der Waals surface area (Å²) in [7, 11) is 0. The maximum atomic E-state index is 9.28. The lowest BCUT2D eigenvalue weighted by atomic mass is 9.83.